The highest BCUT2D eigenvalue weighted by Gasteiger charge is 2.32. The van der Waals surface area contributed by atoms with Crippen molar-refractivity contribution in [3.63, 3.8) is 0 Å². The number of alkyl halides is 3. The summed E-state index contributed by atoms with van der Waals surface area (Å²) >= 11 is 1.68. The number of halogens is 3. The Morgan fingerprint density at radius 2 is 1.86 bits per heavy atom. The molecule has 0 radical (unpaired) electrons. The van der Waals surface area contributed by atoms with E-state index in [2.05, 4.69) is 0 Å². The zero-order chi connectivity index (χ0) is 25.9. The first kappa shape index (κ1) is 25.6. The third-order valence-electron chi connectivity index (χ3n) is 5.93. The van der Waals surface area contributed by atoms with E-state index in [1.54, 1.807) is 23.9 Å². The molecule has 36 heavy (non-hydrogen) atoms. The van der Waals surface area contributed by atoms with Crippen LogP contribution < -0.4 is 9.64 Å². The van der Waals surface area contributed by atoms with Crippen molar-refractivity contribution in [2.75, 3.05) is 17.3 Å². The highest BCUT2D eigenvalue weighted by atomic mass is 32.2. The van der Waals surface area contributed by atoms with Gasteiger partial charge in [-0.05, 0) is 90.7 Å². The van der Waals surface area contributed by atoms with E-state index in [9.17, 15) is 22.8 Å². The molecule has 0 spiro atoms. The summed E-state index contributed by atoms with van der Waals surface area (Å²) in [5, 5.41) is 8.75. The lowest BCUT2D eigenvalue weighted by atomic mass is 10.00. The first-order chi connectivity index (χ1) is 17.1. The first-order valence-corrected chi connectivity index (χ1v) is 12.3. The number of carbonyl (C=O) groups is 2. The molecule has 0 fully saturated rings. The molecular weight excluding hydrogens is 491 g/mol. The summed E-state index contributed by atoms with van der Waals surface area (Å²) in [7, 11) is 0. The van der Waals surface area contributed by atoms with Gasteiger partial charge in [0.05, 0.1) is 12.1 Å². The van der Waals surface area contributed by atoms with Gasteiger partial charge in [-0.3, -0.25) is 4.79 Å². The molecule has 0 aliphatic carbocycles. The molecular formula is C27H24F3NO4S. The molecule has 9 heteroatoms. The average molecular weight is 516 g/mol. The van der Waals surface area contributed by atoms with Crippen LogP contribution in [-0.2, 0) is 23.9 Å². The van der Waals surface area contributed by atoms with E-state index in [1.165, 1.54) is 17.0 Å². The summed E-state index contributed by atoms with van der Waals surface area (Å²) in [5.41, 5.74) is 3.13. The number of ether oxygens (including phenoxy) is 1. The Hall–Kier alpha value is -3.46. The van der Waals surface area contributed by atoms with Crippen molar-refractivity contribution in [3.05, 3.63) is 88.5 Å². The Kier molecular flexibility index (Phi) is 7.59. The highest BCUT2D eigenvalue weighted by molar-refractivity contribution is 7.99. The third-order valence-corrected chi connectivity index (χ3v) is 7.01. The molecule has 5 nitrogen and oxygen atoms in total. The summed E-state index contributed by atoms with van der Waals surface area (Å²) < 4.78 is 43.9. The van der Waals surface area contributed by atoms with Crippen LogP contribution in [0.25, 0.3) is 0 Å². The van der Waals surface area contributed by atoms with E-state index >= 15 is 0 Å². The van der Waals surface area contributed by atoms with Gasteiger partial charge in [0.15, 0.2) is 6.61 Å². The van der Waals surface area contributed by atoms with Crippen LogP contribution in [-0.4, -0.2) is 29.3 Å². The van der Waals surface area contributed by atoms with Gasteiger partial charge < -0.3 is 14.7 Å². The Bertz CT molecular complexity index is 1280. The topological polar surface area (TPSA) is 66.8 Å². The molecule has 1 heterocycles. The molecule has 0 aromatic heterocycles. The maximum atomic E-state index is 12.9. The number of rotatable bonds is 9. The van der Waals surface area contributed by atoms with E-state index in [1.807, 2.05) is 31.2 Å². The van der Waals surface area contributed by atoms with E-state index in [4.69, 9.17) is 9.84 Å². The van der Waals surface area contributed by atoms with Crippen molar-refractivity contribution in [1.82, 2.24) is 0 Å². The number of fused-ring (bicyclic) bond motifs is 1. The Labute approximate surface area is 210 Å². The lowest BCUT2D eigenvalue weighted by Crippen LogP contribution is -2.23. The molecule has 188 valence electrons. The lowest BCUT2D eigenvalue weighted by Gasteiger charge is -2.17. The minimum atomic E-state index is -4.42. The standard InChI is InChI=1S/C27H24F3NO4S/c1-17-14-21(11-12-24(17)35-16-25(32)33)36-13-3-5-18-4-2-6-22-23(18)15-31(26(22)34)20-9-7-19(8-10-20)27(28,29)30/h2,4,6-12,14H,3,5,13,15-16H2,1H3,(H,32,33). The van der Waals surface area contributed by atoms with E-state index in [0.717, 1.165) is 52.3 Å². The van der Waals surface area contributed by atoms with Gasteiger partial charge in [-0.15, -0.1) is 11.8 Å². The molecule has 0 bridgehead atoms. The number of hydrogen-bond acceptors (Lipinski definition) is 4. The van der Waals surface area contributed by atoms with E-state index in [0.29, 0.717) is 23.5 Å². The normalized spacial score (nSPS) is 13.1. The maximum absolute atomic E-state index is 12.9. The summed E-state index contributed by atoms with van der Waals surface area (Å²) in [5.74, 6) is 0.157. The summed E-state index contributed by atoms with van der Waals surface area (Å²) in [4.78, 5) is 26.2. The minimum absolute atomic E-state index is 0.207. The molecule has 1 N–H and O–H groups in total. The van der Waals surface area contributed by atoms with Crippen LogP contribution in [0.15, 0.2) is 65.6 Å². The van der Waals surface area contributed by atoms with Crippen molar-refractivity contribution >= 4 is 29.3 Å². The predicted molar refractivity (Wildman–Crippen MR) is 132 cm³/mol. The molecule has 0 saturated carbocycles. The SMILES string of the molecule is Cc1cc(SCCCc2cccc3c2CN(c2ccc(C(F)(F)F)cc2)C3=O)ccc1OCC(=O)O. The smallest absolute Gasteiger partial charge is 0.416 e. The number of aliphatic carboxylic acids is 1. The van der Waals surface area contributed by atoms with Crippen molar-refractivity contribution < 1.29 is 32.6 Å². The fourth-order valence-corrected chi connectivity index (χ4v) is 5.08. The number of carboxylic acids is 1. The van der Waals surface area contributed by atoms with E-state index < -0.39 is 17.7 Å². The number of carboxylic acid groups (broad SMARTS) is 1. The predicted octanol–water partition coefficient (Wildman–Crippen LogP) is 6.36. The van der Waals surface area contributed by atoms with Crippen molar-refractivity contribution in [2.24, 2.45) is 0 Å². The molecule has 0 unspecified atom stereocenters. The number of nitrogens with zero attached hydrogens (tertiary/aromatic N) is 1. The number of aryl methyl sites for hydroxylation is 2. The fraction of sp³-hybridized carbons (Fsp3) is 0.259. The second-order valence-corrected chi connectivity index (χ2v) is 9.61. The van der Waals surface area contributed by atoms with E-state index in [-0.39, 0.29) is 12.5 Å². The molecule has 3 aromatic rings. The van der Waals surface area contributed by atoms with Crippen LogP contribution in [0.4, 0.5) is 18.9 Å². The van der Waals surface area contributed by atoms with Crippen LogP contribution in [0.1, 0.15) is 39.0 Å². The summed E-state index contributed by atoms with van der Waals surface area (Å²) in [6, 6.07) is 15.9. The van der Waals surface area contributed by atoms with Gasteiger partial charge in [0.25, 0.3) is 5.91 Å². The van der Waals surface area contributed by atoms with Crippen LogP contribution in [0.2, 0.25) is 0 Å². The quantitative estimate of drug-likeness (QED) is 0.265. The Morgan fingerprint density at radius 1 is 1.11 bits per heavy atom. The maximum Gasteiger partial charge on any atom is 0.416 e. The second kappa shape index (κ2) is 10.7. The average Bonchev–Trinajstić information content (AvgIpc) is 3.18. The molecule has 0 atom stereocenters. The lowest BCUT2D eigenvalue weighted by molar-refractivity contribution is -0.139. The molecule has 4 rings (SSSR count). The van der Waals surface area contributed by atoms with Crippen molar-refractivity contribution in [3.8, 4) is 5.75 Å². The third kappa shape index (κ3) is 5.84. The second-order valence-electron chi connectivity index (χ2n) is 8.44. The monoisotopic (exact) mass is 515 g/mol. The fourth-order valence-electron chi connectivity index (χ4n) is 4.14. The first-order valence-electron chi connectivity index (χ1n) is 11.3. The van der Waals surface area contributed by atoms with Gasteiger partial charge in [0, 0.05) is 16.1 Å². The molecule has 1 aliphatic rings. The molecule has 3 aromatic carbocycles. The number of hydrogen-bond donors (Lipinski definition) is 1. The molecule has 0 saturated heterocycles. The zero-order valence-corrected chi connectivity index (χ0v) is 20.3. The summed E-state index contributed by atoms with van der Waals surface area (Å²) in [6.07, 6.45) is -2.79. The van der Waals surface area contributed by atoms with Crippen molar-refractivity contribution in [1.29, 1.82) is 0 Å². The highest BCUT2D eigenvalue weighted by Crippen LogP contribution is 2.34. The Balaban J connectivity index is 1.36. The minimum Gasteiger partial charge on any atom is -0.482 e. The van der Waals surface area contributed by atoms with Crippen molar-refractivity contribution in [2.45, 2.75) is 37.4 Å². The van der Waals surface area contributed by atoms with Crippen LogP contribution in [0.3, 0.4) is 0 Å². The number of carbonyl (C=O) groups excluding carboxylic acids is 1. The van der Waals surface area contributed by atoms with Crippen LogP contribution >= 0.6 is 11.8 Å². The van der Waals surface area contributed by atoms with Gasteiger partial charge in [-0.1, -0.05) is 12.1 Å². The summed E-state index contributed by atoms with van der Waals surface area (Å²) in [6.45, 7) is 1.82. The van der Waals surface area contributed by atoms with Gasteiger partial charge in [-0.2, -0.15) is 13.2 Å². The van der Waals surface area contributed by atoms with Gasteiger partial charge in [0.1, 0.15) is 5.75 Å². The molecule has 1 aliphatic heterocycles. The largest absolute Gasteiger partial charge is 0.482 e. The van der Waals surface area contributed by atoms with Gasteiger partial charge >= 0.3 is 12.1 Å². The number of anilines is 1. The number of amides is 1. The Morgan fingerprint density at radius 3 is 2.53 bits per heavy atom. The number of benzene rings is 3. The number of thioether (sulfide) groups is 1. The molecule has 1 amide bonds. The van der Waals surface area contributed by atoms with Crippen LogP contribution in [0.5, 0.6) is 5.75 Å². The van der Waals surface area contributed by atoms with Gasteiger partial charge in [0.2, 0.25) is 0 Å². The zero-order valence-electron chi connectivity index (χ0n) is 19.5. The van der Waals surface area contributed by atoms with Crippen LogP contribution in [0, 0.1) is 6.92 Å². The van der Waals surface area contributed by atoms with Gasteiger partial charge in [-0.25, -0.2) is 4.79 Å².